The van der Waals surface area contributed by atoms with Crippen molar-refractivity contribution in [3.05, 3.63) is 81.9 Å². The van der Waals surface area contributed by atoms with E-state index in [1.54, 1.807) is 37.3 Å². The Morgan fingerprint density at radius 3 is 2.28 bits per heavy atom. The quantitative estimate of drug-likeness (QED) is 0.214. The number of phenols is 1. The first-order valence-corrected chi connectivity index (χ1v) is 12.4. The summed E-state index contributed by atoms with van der Waals surface area (Å²) in [7, 11) is 4.34. The summed E-state index contributed by atoms with van der Waals surface area (Å²) in [6, 6.07) is 13.5. The number of hydrogen-bond donors (Lipinski definition) is 2. The van der Waals surface area contributed by atoms with Gasteiger partial charge in [0, 0.05) is 11.6 Å². The molecule has 0 saturated carbocycles. The van der Waals surface area contributed by atoms with Gasteiger partial charge in [0.15, 0.2) is 11.5 Å². The minimum Gasteiger partial charge on any atom is -0.507 e. The standard InChI is InChI=1S/C29H28ClNO8/c1-5-39-24-12-16(10-11-20(24)32)26-25(27(33)18-13-19(30)23(38-4)14-22(18)37-3)28(34)29(35)31(26)15-17-8-6-7-9-21(17)36-2/h6-14,26,32-33H,5,15H2,1-4H3/b27-25+. The number of aromatic hydroxyl groups is 1. The molecule has 1 aliphatic heterocycles. The average molecular weight is 554 g/mol. The van der Waals surface area contributed by atoms with E-state index in [0.717, 1.165) is 0 Å². The van der Waals surface area contributed by atoms with Crippen LogP contribution in [0, 0.1) is 0 Å². The van der Waals surface area contributed by atoms with Crippen LogP contribution in [-0.2, 0) is 16.1 Å². The molecule has 1 atom stereocenters. The molecule has 0 bridgehead atoms. The van der Waals surface area contributed by atoms with Crippen molar-refractivity contribution in [1.29, 1.82) is 0 Å². The average Bonchev–Trinajstić information content (AvgIpc) is 3.19. The molecule has 0 aromatic heterocycles. The van der Waals surface area contributed by atoms with Crippen LogP contribution in [0.2, 0.25) is 5.02 Å². The monoisotopic (exact) mass is 553 g/mol. The number of carbonyl (C=O) groups is 2. The molecule has 4 rings (SSSR count). The van der Waals surface area contributed by atoms with Crippen LogP contribution >= 0.6 is 11.6 Å². The molecule has 3 aromatic rings. The van der Waals surface area contributed by atoms with E-state index in [4.69, 9.17) is 30.5 Å². The number of amides is 1. The summed E-state index contributed by atoms with van der Waals surface area (Å²) < 4.78 is 21.7. The van der Waals surface area contributed by atoms with E-state index in [1.807, 2.05) is 0 Å². The first-order chi connectivity index (χ1) is 18.7. The predicted molar refractivity (Wildman–Crippen MR) is 145 cm³/mol. The number of methoxy groups -OCH3 is 3. The minimum absolute atomic E-state index is 0.00137. The van der Waals surface area contributed by atoms with Crippen molar-refractivity contribution < 1.29 is 38.7 Å². The number of ketones is 1. The summed E-state index contributed by atoms with van der Waals surface area (Å²) in [5.41, 5.74) is 1.02. The molecular weight excluding hydrogens is 526 g/mol. The number of carbonyl (C=O) groups excluding carboxylic acids is 2. The highest BCUT2D eigenvalue weighted by Crippen LogP contribution is 2.45. The lowest BCUT2D eigenvalue weighted by atomic mass is 9.94. The zero-order valence-electron chi connectivity index (χ0n) is 21.9. The van der Waals surface area contributed by atoms with Gasteiger partial charge in [-0.15, -0.1) is 0 Å². The van der Waals surface area contributed by atoms with Gasteiger partial charge in [0.25, 0.3) is 11.7 Å². The van der Waals surface area contributed by atoms with Gasteiger partial charge in [0.2, 0.25) is 0 Å². The number of Topliss-reactive ketones (excluding diaryl/α,β-unsaturated/α-hetero) is 1. The highest BCUT2D eigenvalue weighted by Gasteiger charge is 2.47. The molecular formula is C29H28ClNO8. The third kappa shape index (κ3) is 5.18. The molecule has 10 heteroatoms. The van der Waals surface area contributed by atoms with E-state index < -0.39 is 23.5 Å². The largest absolute Gasteiger partial charge is 0.507 e. The van der Waals surface area contributed by atoms with E-state index in [1.165, 1.54) is 50.5 Å². The molecule has 204 valence electrons. The normalized spacial score (nSPS) is 16.3. The number of rotatable bonds is 9. The van der Waals surface area contributed by atoms with Gasteiger partial charge in [-0.1, -0.05) is 35.9 Å². The molecule has 0 spiro atoms. The highest BCUT2D eigenvalue weighted by molar-refractivity contribution is 6.46. The molecule has 9 nitrogen and oxygen atoms in total. The molecule has 0 aliphatic carbocycles. The van der Waals surface area contributed by atoms with Crippen molar-refractivity contribution in [3.63, 3.8) is 0 Å². The fourth-order valence-electron chi connectivity index (χ4n) is 4.57. The molecule has 0 radical (unpaired) electrons. The summed E-state index contributed by atoms with van der Waals surface area (Å²) in [6.45, 7) is 2.04. The van der Waals surface area contributed by atoms with E-state index >= 15 is 0 Å². The van der Waals surface area contributed by atoms with Crippen molar-refractivity contribution in [3.8, 4) is 28.7 Å². The van der Waals surface area contributed by atoms with Gasteiger partial charge in [-0.05, 0) is 36.8 Å². The Morgan fingerprint density at radius 1 is 0.923 bits per heavy atom. The minimum atomic E-state index is -1.04. The van der Waals surface area contributed by atoms with Gasteiger partial charge in [0.1, 0.15) is 23.0 Å². The Bertz CT molecular complexity index is 1450. The maximum absolute atomic E-state index is 13.5. The molecule has 39 heavy (non-hydrogen) atoms. The van der Waals surface area contributed by atoms with Crippen LogP contribution < -0.4 is 18.9 Å². The van der Waals surface area contributed by atoms with Crippen LogP contribution in [0.1, 0.15) is 29.7 Å². The number of para-hydroxylation sites is 1. The van der Waals surface area contributed by atoms with Gasteiger partial charge >= 0.3 is 0 Å². The molecule has 1 fully saturated rings. The van der Waals surface area contributed by atoms with Gasteiger partial charge in [0.05, 0.1) is 56.7 Å². The second-order valence-electron chi connectivity index (χ2n) is 8.59. The van der Waals surface area contributed by atoms with E-state index in [-0.39, 0.29) is 46.6 Å². The topological polar surface area (TPSA) is 115 Å². The van der Waals surface area contributed by atoms with Crippen molar-refractivity contribution in [2.45, 2.75) is 19.5 Å². The number of halogens is 1. The van der Waals surface area contributed by atoms with E-state index in [2.05, 4.69) is 0 Å². The van der Waals surface area contributed by atoms with Crippen LogP contribution in [0.5, 0.6) is 28.7 Å². The Hall–Kier alpha value is -4.37. The van der Waals surface area contributed by atoms with Crippen molar-refractivity contribution >= 4 is 29.1 Å². The lowest BCUT2D eigenvalue weighted by molar-refractivity contribution is -0.140. The Balaban J connectivity index is 1.96. The lowest BCUT2D eigenvalue weighted by Gasteiger charge is -2.26. The summed E-state index contributed by atoms with van der Waals surface area (Å²) in [5.74, 6) is -1.11. The van der Waals surface area contributed by atoms with Crippen LogP contribution in [0.4, 0.5) is 0 Å². The van der Waals surface area contributed by atoms with Crippen molar-refractivity contribution in [2.24, 2.45) is 0 Å². The fourth-order valence-corrected chi connectivity index (χ4v) is 4.81. The van der Waals surface area contributed by atoms with Crippen LogP contribution in [0.25, 0.3) is 5.76 Å². The number of aliphatic hydroxyl groups is 1. The summed E-state index contributed by atoms with van der Waals surface area (Å²) in [6.07, 6.45) is 0. The summed E-state index contributed by atoms with van der Waals surface area (Å²) in [5, 5.41) is 22.0. The SMILES string of the molecule is CCOc1cc(C2/C(=C(\O)c3cc(Cl)c(OC)cc3OC)C(=O)C(=O)N2Cc2ccccc2OC)ccc1O. The summed E-state index contributed by atoms with van der Waals surface area (Å²) in [4.78, 5) is 28.3. The Labute approximate surface area is 230 Å². The van der Waals surface area contributed by atoms with Crippen LogP contribution in [0.15, 0.2) is 60.2 Å². The second-order valence-corrected chi connectivity index (χ2v) is 8.99. The Morgan fingerprint density at radius 2 is 1.62 bits per heavy atom. The molecule has 1 amide bonds. The zero-order valence-corrected chi connectivity index (χ0v) is 22.6. The molecule has 1 aliphatic rings. The van der Waals surface area contributed by atoms with Gasteiger partial charge < -0.3 is 34.1 Å². The van der Waals surface area contributed by atoms with Crippen LogP contribution in [-0.4, -0.2) is 54.7 Å². The maximum atomic E-state index is 13.5. The van der Waals surface area contributed by atoms with Crippen molar-refractivity contribution in [1.82, 2.24) is 4.90 Å². The number of hydrogen-bond acceptors (Lipinski definition) is 8. The van der Waals surface area contributed by atoms with E-state index in [0.29, 0.717) is 22.6 Å². The number of benzene rings is 3. The first kappa shape index (κ1) is 27.7. The second kappa shape index (κ2) is 11.6. The van der Waals surface area contributed by atoms with Gasteiger partial charge in [-0.3, -0.25) is 9.59 Å². The molecule has 1 unspecified atom stereocenters. The van der Waals surface area contributed by atoms with Gasteiger partial charge in [-0.25, -0.2) is 0 Å². The number of nitrogens with zero attached hydrogens (tertiary/aromatic N) is 1. The number of aliphatic hydroxyl groups excluding tert-OH is 1. The maximum Gasteiger partial charge on any atom is 0.295 e. The molecule has 2 N–H and O–H groups in total. The third-order valence-corrected chi connectivity index (χ3v) is 6.70. The Kier molecular flexibility index (Phi) is 8.21. The number of ether oxygens (including phenoxy) is 4. The first-order valence-electron chi connectivity index (χ1n) is 12.0. The smallest absolute Gasteiger partial charge is 0.295 e. The third-order valence-electron chi connectivity index (χ3n) is 6.40. The predicted octanol–water partition coefficient (Wildman–Crippen LogP) is 5.09. The number of phenolic OH excluding ortho intramolecular Hbond substituents is 1. The number of likely N-dealkylation sites (tertiary alicyclic amines) is 1. The summed E-state index contributed by atoms with van der Waals surface area (Å²) >= 11 is 6.34. The van der Waals surface area contributed by atoms with Crippen LogP contribution in [0.3, 0.4) is 0 Å². The van der Waals surface area contributed by atoms with Gasteiger partial charge in [-0.2, -0.15) is 0 Å². The lowest BCUT2D eigenvalue weighted by Crippen LogP contribution is -2.29. The zero-order chi connectivity index (χ0) is 28.3. The van der Waals surface area contributed by atoms with E-state index in [9.17, 15) is 19.8 Å². The molecule has 1 saturated heterocycles. The molecule has 1 heterocycles. The van der Waals surface area contributed by atoms with Crippen molar-refractivity contribution in [2.75, 3.05) is 27.9 Å². The highest BCUT2D eigenvalue weighted by atomic mass is 35.5. The molecule has 3 aromatic carbocycles. The fraction of sp³-hybridized carbons (Fsp3) is 0.241.